The molecule has 154 valence electrons. The second kappa shape index (κ2) is 7.59. The molecule has 0 unspecified atom stereocenters. The summed E-state index contributed by atoms with van der Waals surface area (Å²) in [6.45, 7) is 7.49. The van der Waals surface area contributed by atoms with Crippen LogP contribution in [-0.4, -0.2) is 18.2 Å². The second-order valence-electron chi connectivity index (χ2n) is 7.89. The van der Waals surface area contributed by atoms with Gasteiger partial charge in [0.15, 0.2) is 0 Å². The molecule has 4 aromatic rings. The Morgan fingerprint density at radius 2 is 2.00 bits per heavy atom. The summed E-state index contributed by atoms with van der Waals surface area (Å²) in [5.41, 5.74) is 7.57. The summed E-state index contributed by atoms with van der Waals surface area (Å²) < 4.78 is 11.9. The third-order valence-corrected chi connectivity index (χ3v) is 6.21. The molecule has 0 radical (unpaired) electrons. The third kappa shape index (κ3) is 2.92. The van der Waals surface area contributed by atoms with E-state index in [1.807, 2.05) is 19.2 Å². The van der Waals surface area contributed by atoms with Crippen LogP contribution in [-0.2, 0) is 12.8 Å². The minimum atomic E-state index is 0.511. The van der Waals surface area contributed by atoms with Gasteiger partial charge in [-0.2, -0.15) is 5.26 Å². The minimum absolute atomic E-state index is 0.511. The molecular weight excluding hydrogens is 384 g/mol. The Balaban J connectivity index is 1.93. The molecule has 1 aromatic heterocycles. The largest absolute Gasteiger partial charge is 0.493 e. The maximum Gasteiger partial charge on any atom is 0.144 e. The molecule has 0 saturated carbocycles. The molecule has 0 saturated heterocycles. The lowest BCUT2D eigenvalue weighted by molar-refractivity contribution is 0.318. The summed E-state index contributed by atoms with van der Waals surface area (Å²) in [6.07, 6.45) is 3.70. The van der Waals surface area contributed by atoms with Gasteiger partial charge in [0.25, 0.3) is 0 Å². The maximum absolute atomic E-state index is 9.64. The number of benzene rings is 3. The van der Waals surface area contributed by atoms with Gasteiger partial charge in [-0.15, -0.1) is 0 Å². The van der Waals surface area contributed by atoms with Gasteiger partial charge in [-0.3, -0.25) is 4.98 Å². The number of nitriles is 1. The first-order valence-electron chi connectivity index (χ1n) is 10.8. The summed E-state index contributed by atoms with van der Waals surface area (Å²) in [7, 11) is 0. The molecule has 0 bridgehead atoms. The second-order valence-corrected chi connectivity index (χ2v) is 7.89. The smallest absolute Gasteiger partial charge is 0.144 e. The molecule has 0 atom stereocenters. The number of aryl methyl sites for hydroxylation is 1. The van der Waals surface area contributed by atoms with Gasteiger partial charge in [-0.1, -0.05) is 13.0 Å². The highest BCUT2D eigenvalue weighted by molar-refractivity contribution is 6.09. The van der Waals surface area contributed by atoms with Crippen LogP contribution in [0, 0.1) is 18.3 Å². The van der Waals surface area contributed by atoms with Crippen LogP contribution in [0.3, 0.4) is 0 Å². The summed E-state index contributed by atoms with van der Waals surface area (Å²) in [6, 6.07) is 14.7. The SMILES string of the molecule is CCOc1c(C#N)ccc2c(-c3ccc4c5c(ccnc35)CCO4)c(CC)c(C)cc12. The highest BCUT2D eigenvalue weighted by Gasteiger charge is 2.22. The van der Waals surface area contributed by atoms with Gasteiger partial charge in [-0.25, -0.2) is 0 Å². The van der Waals surface area contributed by atoms with Crippen molar-refractivity contribution in [3.05, 3.63) is 64.8 Å². The Morgan fingerprint density at radius 1 is 1.13 bits per heavy atom. The zero-order valence-corrected chi connectivity index (χ0v) is 18.1. The molecule has 4 nitrogen and oxygen atoms in total. The number of hydrogen-bond acceptors (Lipinski definition) is 4. The fourth-order valence-electron chi connectivity index (χ4n) is 4.88. The van der Waals surface area contributed by atoms with Gasteiger partial charge in [0.1, 0.15) is 17.6 Å². The first-order valence-corrected chi connectivity index (χ1v) is 10.8. The topological polar surface area (TPSA) is 55.1 Å². The first-order chi connectivity index (χ1) is 15.2. The number of fused-ring (bicyclic) bond motifs is 1. The standard InChI is InChI=1S/C27H24N2O2/c1-4-19-16(3)14-22-20(7-6-18(15-28)27(22)30-5-2)25(19)21-8-9-23-24-17(11-13-31-23)10-12-29-26(21)24/h6-10,12,14H,4-5,11,13H2,1-3H3. The van der Waals surface area contributed by atoms with Crippen LogP contribution >= 0.6 is 0 Å². The van der Waals surface area contributed by atoms with E-state index in [0.717, 1.165) is 45.8 Å². The predicted molar refractivity (Wildman–Crippen MR) is 124 cm³/mol. The number of ether oxygens (including phenoxy) is 2. The first kappa shape index (κ1) is 19.4. The maximum atomic E-state index is 9.64. The summed E-state index contributed by atoms with van der Waals surface area (Å²) in [5, 5.41) is 12.8. The van der Waals surface area contributed by atoms with Gasteiger partial charge >= 0.3 is 0 Å². The van der Waals surface area contributed by atoms with E-state index in [9.17, 15) is 5.26 Å². The van der Waals surface area contributed by atoms with E-state index in [0.29, 0.717) is 24.5 Å². The lowest BCUT2D eigenvalue weighted by Gasteiger charge is -2.22. The van der Waals surface area contributed by atoms with E-state index in [1.54, 1.807) is 0 Å². The third-order valence-electron chi connectivity index (χ3n) is 6.21. The lowest BCUT2D eigenvalue weighted by Crippen LogP contribution is -2.09. The van der Waals surface area contributed by atoms with Crippen molar-refractivity contribution in [1.29, 1.82) is 5.26 Å². The summed E-state index contributed by atoms with van der Waals surface area (Å²) in [4.78, 5) is 4.80. The monoisotopic (exact) mass is 408 g/mol. The van der Waals surface area contributed by atoms with Crippen LogP contribution in [0.1, 0.15) is 36.1 Å². The molecule has 1 aliphatic rings. The molecule has 4 heteroatoms. The molecule has 5 rings (SSSR count). The number of nitrogens with zero attached hydrogens (tertiary/aromatic N) is 2. The molecule has 0 fully saturated rings. The average molecular weight is 409 g/mol. The highest BCUT2D eigenvalue weighted by atomic mass is 16.5. The van der Waals surface area contributed by atoms with Crippen molar-refractivity contribution in [2.75, 3.05) is 13.2 Å². The summed E-state index contributed by atoms with van der Waals surface area (Å²) in [5.74, 6) is 1.57. The molecule has 0 amide bonds. The zero-order valence-electron chi connectivity index (χ0n) is 18.1. The number of aromatic nitrogens is 1. The van der Waals surface area contributed by atoms with Crippen LogP contribution in [0.5, 0.6) is 11.5 Å². The molecule has 0 N–H and O–H groups in total. The molecule has 31 heavy (non-hydrogen) atoms. The molecule has 0 spiro atoms. The Morgan fingerprint density at radius 3 is 2.77 bits per heavy atom. The average Bonchev–Trinajstić information content (AvgIpc) is 2.80. The predicted octanol–water partition coefficient (Wildman–Crippen LogP) is 6.13. The molecule has 0 aliphatic carbocycles. The fourth-order valence-corrected chi connectivity index (χ4v) is 4.88. The number of hydrogen-bond donors (Lipinski definition) is 0. The van der Waals surface area contributed by atoms with Gasteiger partial charge in [0, 0.05) is 29.0 Å². The Bertz CT molecular complexity index is 1370. The minimum Gasteiger partial charge on any atom is -0.493 e. The van der Waals surface area contributed by atoms with E-state index in [2.05, 4.69) is 50.2 Å². The van der Waals surface area contributed by atoms with Crippen molar-refractivity contribution >= 4 is 21.7 Å². The Labute approximate surface area is 182 Å². The van der Waals surface area contributed by atoms with E-state index >= 15 is 0 Å². The molecule has 1 aliphatic heterocycles. The van der Waals surface area contributed by atoms with Gasteiger partial charge in [0.05, 0.1) is 24.3 Å². The van der Waals surface area contributed by atoms with Gasteiger partial charge in [0.2, 0.25) is 0 Å². The fraction of sp³-hybridized carbons (Fsp3) is 0.259. The van der Waals surface area contributed by atoms with E-state index in [1.165, 1.54) is 22.3 Å². The van der Waals surface area contributed by atoms with Crippen molar-refractivity contribution in [3.8, 4) is 28.7 Å². The van der Waals surface area contributed by atoms with Crippen molar-refractivity contribution in [2.24, 2.45) is 0 Å². The number of rotatable bonds is 4. The van der Waals surface area contributed by atoms with Crippen molar-refractivity contribution in [1.82, 2.24) is 4.98 Å². The number of pyridine rings is 1. The highest BCUT2D eigenvalue weighted by Crippen LogP contribution is 2.44. The van der Waals surface area contributed by atoms with E-state index < -0.39 is 0 Å². The Kier molecular flexibility index (Phi) is 4.75. The van der Waals surface area contributed by atoms with Crippen molar-refractivity contribution in [2.45, 2.75) is 33.6 Å². The lowest BCUT2D eigenvalue weighted by atomic mass is 9.86. The van der Waals surface area contributed by atoms with Crippen molar-refractivity contribution < 1.29 is 9.47 Å². The molecule has 2 heterocycles. The zero-order chi connectivity index (χ0) is 21.5. The van der Waals surface area contributed by atoms with Crippen LogP contribution in [0.15, 0.2) is 42.6 Å². The molecular formula is C27H24N2O2. The summed E-state index contributed by atoms with van der Waals surface area (Å²) >= 11 is 0. The van der Waals surface area contributed by atoms with Crippen LogP contribution in [0.4, 0.5) is 0 Å². The van der Waals surface area contributed by atoms with E-state index in [4.69, 9.17) is 14.5 Å². The molecule has 3 aromatic carbocycles. The quantitative estimate of drug-likeness (QED) is 0.407. The van der Waals surface area contributed by atoms with Gasteiger partial charge in [-0.05, 0) is 78.2 Å². The normalized spacial score (nSPS) is 12.6. The van der Waals surface area contributed by atoms with Gasteiger partial charge < -0.3 is 9.47 Å². The van der Waals surface area contributed by atoms with Crippen LogP contribution in [0.2, 0.25) is 0 Å². The Hall–Kier alpha value is -3.58. The van der Waals surface area contributed by atoms with Crippen LogP contribution < -0.4 is 9.47 Å². The van der Waals surface area contributed by atoms with Crippen molar-refractivity contribution in [3.63, 3.8) is 0 Å². The van der Waals surface area contributed by atoms with Crippen LogP contribution in [0.25, 0.3) is 32.8 Å². The van der Waals surface area contributed by atoms with E-state index in [-0.39, 0.29) is 0 Å².